The molecule has 2 heterocycles. The quantitative estimate of drug-likeness (QED) is 0.791. The fourth-order valence-corrected chi connectivity index (χ4v) is 3.90. The fourth-order valence-electron chi connectivity index (χ4n) is 2.52. The predicted molar refractivity (Wildman–Crippen MR) is 85.0 cm³/mol. The molecule has 0 radical (unpaired) electrons. The Labute approximate surface area is 140 Å². The Balaban J connectivity index is 2.00. The van der Waals surface area contributed by atoms with Crippen LogP contribution in [0.1, 0.15) is 43.7 Å². The van der Waals surface area contributed by atoms with Crippen LogP contribution in [0.3, 0.4) is 0 Å². The van der Waals surface area contributed by atoms with Crippen molar-refractivity contribution in [3.63, 3.8) is 0 Å². The van der Waals surface area contributed by atoms with Crippen LogP contribution in [-0.2, 0) is 14.8 Å². The van der Waals surface area contributed by atoms with Crippen LogP contribution < -0.4 is 5.32 Å². The smallest absolute Gasteiger partial charge is 0.371 e. The molecule has 9 heteroatoms. The molecule has 134 valence electrons. The Kier molecular flexibility index (Phi) is 5.66. The van der Waals surface area contributed by atoms with Gasteiger partial charge in [0.25, 0.3) is 10.0 Å². The number of aromatic carboxylic acids is 1. The lowest BCUT2D eigenvalue weighted by molar-refractivity contribution is -0.126. The standard InChI is InChI=1S/C15H22N2O6S/c1-3-10(2)16-14(18)11-6-8-17(9-7-11)24(21,22)13-5-4-12(23-13)15(19)20/h4-5,10-11H,3,6-9H2,1-2H3,(H,16,18)(H,19,20). The maximum Gasteiger partial charge on any atom is 0.371 e. The van der Waals surface area contributed by atoms with Gasteiger partial charge in [-0.05, 0) is 38.3 Å². The molecule has 1 aromatic rings. The molecule has 0 aliphatic carbocycles. The molecular weight excluding hydrogens is 336 g/mol. The van der Waals surface area contributed by atoms with Crippen LogP contribution in [0, 0.1) is 5.92 Å². The molecule has 1 aliphatic heterocycles. The summed E-state index contributed by atoms with van der Waals surface area (Å²) in [6.07, 6.45) is 1.69. The molecule has 24 heavy (non-hydrogen) atoms. The number of furan rings is 1. The molecule has 1 aromatic heterocycles. The number of piperidine rings is 1. The van der Waals surface area contributed by atoms with Crippen molar-refractivity contribution in [1.82, 2.24) is 9.62 Å². The highest BCUT2D eigenvalue weighted by Gasteiger charge is 2.34. The molecule has 1 amide bonds. The van der Waals surface area contributed by atoms with Crippen molar-refractivity contribution in [3.8, 4) is 0 Å². The Hall–Kier alpha value is -1.87. The van der Waals surface area contributed by atoms with Gasteiger partial charge in [-0.25, -0.2) is 13.2 Å². The summed E-state index contributed by atoms with van der Waals surface area (Å²) in [6.45, 7) is 4.30. The molecule has 0 bridgehead atoms. The summed E-state index contributed by atoms with van der Waals surface area (Å²) in [5.74, 6) is -2.00. The van der Waals surface area contributed by atoms with E-state index in [4.69, 9.17) is 9.52 Å². The summed E-state index contributed by atoms with van der Waals surface area (Å²) in [4.78, 5) is 22.9. The van der Waals surface area contributed by atoms with Crippen molar-refractivity contribution < 1.29 is 27.5 Å². The topological polar surface area (TPSA) is 117 Å². The number of carboxylic acid groups (broad SMARTS) is 1. The van der Waals surface area contributed by atoms with Crippen molar-refractivity contribution in [2.45, 2.75) is 44.2 Å². The summed E-state index contributed by atoms with van der Waals surface area (Å²) in [5.41, 5.74) is 0. The minimum absolute atomic E-state index is 0.0486. The number of nitrogens with one attached hydrogen (secondary N) is 1. The molecule has 1 saturated heterocycles. The first-order valence-electron chi connectivity index (χ1n) is 7.89. The number of carbonyl (C=O) groups excluding carboxylic acids is 1. The van der Waals surface area contributed by atoms with E-state index in [1.165, 1.54) is 4.31 Å². The second-order valence-electron chi connectivity index (χ2n) is 5.92. The van der Waals surface area contributed by atoms with Crippen LogP contribution in [0.15, 0.2) is 21.6 Å². The number of carbonyl (C=O) groups is 2. The van der Waals surface area contributed by atoms with Gasteiger partial charge in [0.2, 0.25) is 16.8 Å². The van der Waals surface area contributed by atoms with Gasteiger partial charge in [-0.2, -0.15) is 4.31 Å². The second kappa shape index (κ2) is 7.35. The van der Waals surface area contributed by atoms with Crippen molar-refractivity contribution in [2.24, 2.45) is 5.92 Å². The van der Waals surface area contributed by atoms with Gasteiger partial charge in [-0.3, -0.25) is 4.79 Å². The fraction of sp³-hybridized carbons (Fsp3) is 0.600. The minimum atomic E-state index is -3.88. The van der Waals surface area contributed by atoms with Gasteiger partial charge in [-0.15, -0.1) is 0 Å². The molecule has 1 aliphatic rings. The van der Waals surface area contributed by atoms with Crippen LogP contribution in [0.4, 0.5) is 0 Å². The summed E-state index contributed by atoms with van der Waals surface area (Å²) >= 11 is 0. The molecule has 1 unspecified atom stereocenters. The van der Waals surface area contributed by atoms with E-state index in [0.717, 1.165) is 18.6 Å². The molecule has 2 N–H and O–H groups in total. The van der Waals surface area contributed by atoms with Crippen molar-refractivity contribution >= 4 is 21.9 Å². The van der Waals surface area contributed by atoms with Crippen LogP contribution in [0.2, 0.25) is 0 Å². The Morgan fingerprint density at radius 2 is 2.00 bits per heavy atom. The highest BCUT2D eigenvalue weighted by atomic mass is 32.2. The third-order valence-corrected chi connectivity index (χ3v) is 5.98. The van der Waals surface area contributed by atoms with Crippen LogP contribution in [-0.4, -0.2) is 48.8 Å². The number of carboxylic acids is 1. The average molecular weight is 358 g/mol. The monoisotopic (exact) mass is 358 g/mol. The van der Waals surface area contributed by atoms with Crippen molar-refractivity contribution in [2.75, 3.05) is 13.1 Å². The highest BCUT2D eigenvalue weighted by molar-refractivity contribution is 7.89. The van der Waals surface area contributed by atoms with Gasteiger partial charge >= 0.3 is 5.97 Å². The SMILES string of the molecule is CCC(C)NC(=O)C1CCN(S(=O)(=O)c2ccc(C(=O)O)o2)CC1. The summed E-state index contributed by atoms with van der Waals surface area (Å²) in [7, 11) is -3.88. The van der Waals surface area contributed by atoms with Gasteiger partial charge in [0, 0.05) is 25.0 Å². The van der Waals surface area contributed by atoms with E-state index >= 15 is 0 Å². The van der Waals surface area contributed by atoms with Gasteiger partial charge in [-0.1, -0.05) is 6.92 Å². The molecule has 0 aromatic carbocycles. The first kappa shape index (κ1) is 18.5. The van der Waals surface area contributed by atoms with Gasteiger partial charge in [0.1, 0.15) is 0 Å². The predicted octanol–water partition coefficient (Wildman–Crippen LogP) is 1.29. The van der Waals surface area contributed by atoms with E-state index in [-0.39, 0.29) is 36.0 Å². The van der Waals surface area contributed by atoms with E-state index < -0.39 is 21.8 Å². The molecule has 0 saturated carbocycles. The molecular formula is C15H22N2O6S. The zero-order valence-electron chi connectivity index (χ0n) is 13.7. The van der Waals surface area contributed by atoms with E-state index in [2.05, 4.69) is 5.32 Å². The van der Waals surface area contributed by atoms with Crippen molar-refractivity contribution in [1.29, 1.82) is 0 Å². The zero-order valence-corrected chi connectivity index (χ0v) is 14.5. The minimum Gasteiger partial charge on any atom is -0.475 e. The molecule has 1 fully saturated rings. The van der Waals surface area contributed by atoms with Gasteiger partial charge < -0.3 is 14.8 Å². The lowest BCUT2D eigenvalue weighted by atomic mass is 9.97. The maximum absolute atomic E-state index is 12.5. The first-order chi connectivity index (χ1) is 11.3. The highest BCUT2D eigenvalue weighted by Crippen LogP contribution is 2.25. The summed E-state index contributed by atoms with van der Waals surface area (Å²) < 4.78 is 31.0. The van der Waals surface area contributed by atoms with Gasteiger partial charge in [0.15, 0.2) is 0 Å². The van der Waals surface area contributed by atoms with E-state index in [9.17, 15) is 18.0 Å². The summed E-state index contributed by atoms with van der Waals surface area (Å²) in [5, 5.41) is 11.3. The van der Waals surface area contributed by atoms with Crippen LogP contribution >= 0.6 is 0 Å². The Morgan fingerprint density at radius 1 is 1.38 bits per heavy atom. The molecule has 1 atom stereocenters. The van der Waals surface area contributed by atoms with E-state index in [1.807, 2.05) is 13.8 Å². The van der Waals surface area contributed by atoms with Crippen LogP contribution in [0.5, 0.6) is 0 Å². The number of nitrogens with zero attached hydrogens (tertiary/aromatic N) is 1. The number of hydrogen-bond donors (Lipinski definition) is 2. The molecule has 8 nitrogen and oxygen atoms in total. The third kappa shape index (κ3) is 3.96. The largest absolute Gasteiger partial charge is 0.475 e. The Bertz CT molecular complexity index is 703. The number of amides is 1. The summed E-state index contributed by atoms with van der Waals surface area (Å²) in [6, 6.07) is 2.35. The van der Waals surface area contributed by atoms with Gasteiger partial charge in [0.05, 0.1) is 0 Å². The second-order valence-corrected chi connectivity index (χ2v) is 7.79. The normalized spacial score (nSPS) is 18.2. The Morgan fingerprint density at radius 3 is 2.50 bits per heavy atom. The number of sulfonamides is 1. The molecule has 2 rings (SSSR count). The van der Waals surface area contributed by atoms with Crippen LogP contribution in [0.25, 0.3) is 0 Å². The molecule has 0 spiro atoms. The van der Waals surface area contributed by atoms with E-state index in [1.54, 1.807) is 0 Å². The lowest BCUT2D eigenvalue weighted by Crippen LogP contribution is -2.44. The average Bonchev–Trinajstić information content (AvgIpc) is 3.06. The van der Waals surface area contributed by atoms with Crippen molar-refractivity contribution in [3.05, 3.63) is 17.9 Å². The maximum atomic E-state index is 12.5. The first-order valence-corrected chi connectivity index (χ1v) is 9.33. The lowest BCUT2D eigenvalue weighted by Gasteiger charge is -2.30. The van der Waals surface area contributed by atoms with E-state index in [0.29, 0.717) is 12.8 Å². The number of rotatable bonds is 6. The third-order valence-electron chi connectivity index (χ3n) is 4.21. The zero-order chi connectivity index (χ0) is 17.9. The number of hydrogen-bond acceptors (Lipinski definition) is 5.